The van der Waals surface area contributed by atoms with E-state index in [4.69, 9.17) is 0 Å². The van der Waals surface area contributed by atoms with Gasteiger partial charge in [0.15, 0.2) is 0 Å². The first kappa shape index (κ1) is 13.1. The van der Waals surface area contributed by atoms with Crippen LogP contribution in [0.15, 0.2) is 18.2 Å². The van der Waals surface area contributed by atoms with Crippen molar-refractivity contribution in [2.24, 2.45) is 5.92 Å². The molecule has 0 N–H and O–H groups in total. The zero-order valence-electron chi connectivity index (χ0n) is 13.1. The Labute approximate surface area is 132 Å². The van der Waals surface area contributed by atoms with Crippen LogP contribution in [0, 0.1) is 5.92 Å². The molecular weight excluding hydrogens is 272 g/mol. The highest BCUT2D eigenvalue weighted by atomic mass is 16.2. The normalized spacial score (nSPS) is 36.4. The molecule has 1 aliphatic carbocycles. The summed E-state index contributed by atoms with van der Waals surface area (Å²) >= 11 is 0. The zero-order valence-corrected chi connectivity index (χ0v) is 13.1. The highest BCUT2D eigenvalue weighted by molar-refractivity contribution is 5.97. The summed E-state index contributed by atoms with van der Waals surface area (Å²) in [5, 5.41) is 0. The van der Waals surface area contributed by atoms with Gasteiger partial charge in [-0.15, -0.1) is 0 Å². The summed E-state index contributed by atoms with van der Waals surface area (Å²) in [5.41, 5.74) is 3.86. The molecule has 3 saturated heterocycles. The van der Waals surface area contributed by atoms with E-state index < -0.39 is 0 Å². The van der Waals surface area contributed by atoms with Crippen LogP contribution in [0.25, 0.3) is 0 Å². The van der Waals surface area contributed by atoms with Gasteiger partial charge in [0, 0.05) is 30.6 Å². The summed E-state index contributed by atoms with van der Waals surface area (Å²) in [7, 11) is 0. The minimum atomic E-state index is 0.314. The lowest BCUT2D eigenvalue weighted by molar-refractivity contribution is 0.00258. The van der Waals surface area contributed by atoms with Crippen molar-refractivity contribution in [1.82, 2.24) is 9.80 Å². The fourth-order valence-corrected chi connectivity index (χ4v) is 5.41. The van der Waals surface area contributed by atoms with E-state index in [1.165, 1.54) is 49.9 Å². The van der Waals surface area contributed by atoms with Crippen LogP contribution in [0.4, 0.5) is 0 Å². The Morgan fingerprint density at radius 3 is 2.68 bits per heavy atom. The number of nitrogens with zero attached hydrogens (tertiary/aromatic N) is 2. The first-order valence-electron chi connectivity index (χ1n) is 8.96. The molecule has 1 unspecified atom stereocenters. The van der Waals surface area contributed by atoms with Crippen LogP contribution in [0.5, 0.6) is 0 Å². The monoisotopic (exact) mass is 296 g/mol. The molecule has 0 radical (unpaired) electrons. The summed E-state index contributed by atoms with van der Waals surface area (Å²) in [6, 6.07) is 6.87. The maximum absolute atomic E-state index is 13.1. The van der Waals surface area contributed by atoms with Crippen molar-refractivity contribution in [3.05, 3.63) is 34.9 Å². The van der Waals surface area contributed by atoms with Gasteiger partial charge in [-0.3, -0.25) is 4.79 Å². The lowest BCUT2D eigenvalue weighted by Gasteiger charge is -2.51. The quantitative estimate of drug-likeness (QED) is 0.795. The number of piperidine rings is 3. The molecule has 6 rings (SSSR count). The highest BCUT2D eigenvalue weighted by Gasteiger charge is 2.43. The minimum absolute atomic E-state index is 0.314. The summed E-state index contributed by atoms with van der Waals surface area (Å²) in [4.78, 5) is 18.0. The van der Waals surface area contributed by atoms with Gasteiger partial charge in [-0.2, -0.15) is 0 Å². The molecule has 3 fully saturated rings. The number of hydrogen-bond acceptors (Lipinski definition) is 2. The second-order valence-corrected chi connectivity index (χ2v) is 7.63. The average molecular weight is 296 g/mol. The molecule has 0 spiro atoms. The van der Waals surface area contributed by atoms with Crippen molar-refractivity contribution in [1.29, 1.82) is 0 Å². The molecule has 1 aromatic carbocycles. The van der Waals surface area contributed by atoms with Gasteiger partial charge >= 0.3 is 0 Å². The minimum Gasteiger partial charge on any atom is -0.333 e. The molecule has 2 atom stereocenters. The van der Waals surface area contributed by atoms with Crippen molar-refractivity contribution in [3.8, 4) is 0 Å². The average Bonchev–Trinajstić information content (AvgIpc) is 2.59. The van der Waals surface area contributed by atoms with Gasteiger partial charge in [-0.25, -0.2) is 0 Å². The van der Waals surface area contributed by atoms with E-state index in [1.807, 2.05) is 0 Å². The molecule has 5 aliphatic rings. The molecule has 2 bridgehead atoms. The number of hydrogen-bond donors (Lipinski definition) is 0. The first-order valence-corrected chi connectivity index (χ1v) is 8.96. The number of rotatable bonds is 1. The van der Waals surface area contributed by atoms with Crippen molar-refractivity contribution in [3.63, 3.8) is 0 Å². The standard InChI is InChI=1S/C19H24N2O/c22-19-16-6-2-4-14-3-1-5-15(18(14)16)11-21(19)17-12-20-9-7-13(17)8-10-20/h2,4,6,13,15,17H,1,3,5,7-12H2/t15?,17-/m0/s1. The van der Waals surface area contributed by atoms with Crippen LogP contribution < -0.4 is 0 Å². The molecular formula is C19H24N2O. The first-order chi connectivity index (χ1) is 10.8. The van der Waals surface area contributed by atoms with Gasteiger partial charge in [0.1, 0.15) is 0 Å². The molecule has 1 amide bonds. The molecule has 22 heavy (non-hydrogen) atoms. The van der Waals surface area contributed by atoms with Crippen LogP contribution in [-0.4, -0.2) is 47.9 Å². The smallest absolute Gasteiger partial charge is 0.254 e. The Morgan fingerprint density at radius 2 is 1.91 bits per heavy atom. The van der Waals surface area contributed by atoms with Crippen molar-refractivity contribution >= 4 is 5.91 Å². The summed E-state index contributed by atoms with van der Waals surface area (Å²) in [6.07, 6.45) is 6.27. The number of aryl methyl sites for hydroxylation is 1. The van der Waals surface area contributed by atoms with Gasteiger partial charge in [-0.1, -0.05) is 12.1 Å². The summed E-state index contributed by atoms with van der Waals surface area (Å²) in [6.45, 7) is 4.57. The Bertz CT molecular complexity index is 618. The molecule has 116 valence electrons. The summed E-state index contributed by atoms with van der Waals surface area (Å²) in [5.74, 6) is 1.64. The SMILES string of the molecule is O=C1c2cccc3c2C(CCC3)CN1[C@H]1CN2CCC1CC2. The zero-order chi connectivity index (χ0) is 14.7. The number of fused-ring (bicyclic) bond motifs is 3. The van der Waals surface area contributed by atoms with E-state index >= 15 is 0 Å². The van der Waals surface area contributed by atoms with E-state index in [0.29, 0.717) is 17.9 Å². The fraction of sp³-hybridized carbons (Fsp3) is 0.632. The number of carbonyl (C=O) groups excluding carboxylic acids is 1. The van der Waals surface area contributed by atoms with Crippen LogP contribution in [-0.2, 0) is 6.42 Å². The van der Waals surface area contributed by atoms with Crippen molar-refractivity contribution in [2.75, 3.05) is 26.2 Å². The molecule has 3 nitrogen and oxygen atoms in total. The van der Waals surface area contributed by atoms with Crippen LogP contribution in [0.1, 0.15) is 53.1 Å². The second kappa shape index (κ2) is 4.82. The van der Waals surface area contributed by atoms with E-state index in [1.54, 1.807) is 0 Å². The lowest BCUT2D eigenvalue weighted by atomic mass is 9.75. The highest BCUT2D eigenvalue weighted by Crippen LogP contribution is 2.41. The Hall–Kier alpha value is -1.35. The summed E-state index contributed by atoms with van der Waals surface area (Å²) < 4.78 is 0. The van der Waals surface area contributed by atoms with Crippen LogP contribution in [0.2, 0.25) is 0 Å². The molecule has 4 aliphatic heterocycles. The van der Waals surface area contributed by atoms with Crippen molar-refractivity contribution < 1.29 is 4.79 Å². The van der Waals surface area contributed by atoms with Gasteiger partial charge < -0.3 is 9.80 Å². The van der Waals surface area contributed by atoms with Crippen molar-refractivity contribution in [2.45, 2.75) is 44.1 Å². The van der Waals surface area contributed by atoms with E-state index in [0.717, 1.165) is 31.0 Å². The topological polar surface area (TPSA) is 23.6 Å². The third kappa shape index (κ3) is 1.81. The van der Waals surface area contributed by atoms with E-state index in [-0.39, 0.29) is 0 Å². The van der Waals surface area contributed by atoms with Crippen LogP contribution >= 0.6 is 0 Å². The Balaban J connectivity index is 1.53. The maximum atomic E-state index is 13.1. The van der Waals surface area contributed by atoms with E-state index in [9.17, 15) is 4.79 Å². The van der Waals surface area contributed by atoms with Gasteiger partial charge in [0.2, 0.25) is 0 Å². The van der Waals surface area contributed by atoms with Gasteiger partial charge in [0.25, 0.3) is 5.91 Å². The van der Waals surface area contributed by atoms with E-state index in [2.05, 4.69) is 28.0 Å². The number of carbonyl (C=O) groups is 1. The third-order valence-electron chi connectivity index (χ3n) is 6.53. The fourth-order valence-electron chi connectivity index (χ4n) is 5.41. The Kier molecular flexibility index (Phi) is 2.88. The molecule has 1 aromatic rings. The second-order valence-electron chi connectivity index (χ2n) is 7.63. The molecule has 3 heteroatoms. The predicted octanol–water partition coefficient (Wildman–Crippen LogP) is 2.66. The molecule has 0 aromatic heterocycles. The molecule has 4 heterocycles. The number of amides is 1. The van der Waals surface area contributed by atoms with Gasteiger partial charge in [0.05, 0.1) is 0 Å². The maximum Gasteiger partial charge on any atom is 0.254 e. The largest absolute Gasteiger partial charge is 0.333 e. The Morgan fingerprint density at radius 1 is 1.05 bits per heavy atom. The third-order valence-corrected chi connectivity index (χ3v) is 6.53. The van der Waals surface area contributed by atoms with Gasteiger partial charge in [-0.05, 0) is 68.3 Å². The lowest BCUT2D eigenvalue weighted by Crippen LogP contribution is -2.60. The molecule has 0 saturated carbocycles. The predicted molar refractivity (Wildman–Crippen MR) is 86.1 cm³/mol. The number of benzene rings is 1. The van der Waals surface area contributed by atoms with Crippen LogP contribution in [0.3, 0.4) is 0 Å².